The molecule has 1 fully saturated rings. The lowest BCUT2D eigenvalue weighted by Gasteiger charge is -2.13. The van der Waals surface area contributed by atoms with Gasteiger partial charge in [0.25, 0.3) is 0 Å². The molecule has 0 heterocycles. The highest BCUT2D eigenvalue weighted by Crippen LogP contribution is 2.44. The van der Waals surface area contributed by atoms with Gasteiger partial charge in [-0.25, -0.2) is 13.1 Å². The lowest BCUT2D eigenvalue weighted by atomic mass is 10.2. The van der Waals surface area contributed by atoms with E-state index in [9.17, 15) is 8.42 Å². The van der Waals surface area contributed by atoms with Crippen molar-refractivity contribution in [3.8, 4) is 0 Å². The van der Waals surface area contributed by atoms with E-state index in [0.717, 1.165) is 12.8 Å². The molecule has 0 bridgehead atoms. The van der Waals surface area contributed by atoms with E-state index in [2.05, 4.69) is 4.72 Å². The van der Waals surface area contributed by atoms with Crippen LogP contribution in [0.4, 0.5) is 0 Å². The van der Waals surface area contributed by atoms with Crippen molar-refractivity contribution in [2.24, 2.45) is 11.1 Å². The summed E-state index contributed by atoms with van der Waals surface area (Å²) in [6.07, 6.45) is 2.07. The fourth-order valence-electron chi connectivity index (χ4n) is 1.70. The second kappa shape index (κ2) is 5.22. The first-order valence-electron chi connectivity index (χ1n) is 5.95. The van der Waals surface area contributed by atoms with Gasteiger partial charge in [-0.15, -0.1) is 0 Å². The second-order valence-corrected chi connectivity index (χ2v) is 7.77. The van der Waals surface area contributed by atoms with Crippen molar-refractivity contribution >= 4 is 33.2 Å². The standard InChI is InChI=1S/C12H16Cl2N2O2S/c1-12(2-3-12)7-16-19(17,18)10-5-9(13)4-8(6-15)11(10)14/h4-5,16H,2-3,6-7,15H2,1H3. The minimum absolute atomic E-state index is 0.00799. The molecule has 1 aliphatic carbocycles. The van der Waals surface area contributed by atoms with Crippen LogP contribution in [0.2, 0.25) is 10.0 Å². The minimum Gasteiger partial charge on any atom is -0.326 e. The number of hydrogen-bond acceptors (Lipinski definition) is 3. The normalized spacial score (nSPS) is 17.5. The molecule has 0 unspecified atom stereocenters. The van der Waals surface area contributed by atoms with Crippen molar-refractivity contribution < 1.29 is 8.42 Å². The highest BCUT2D eigenvalue weighted by atomic mass is 35.5. The Morgan fingerprint density at radius 3 is 2.53 bits per heavy atom. The number of nitrogens with two attached hydrogens (primary N) is 1. The zero-order valence-electron chi connectivity index (χ0n) is 10.5. The third kappa shape index (κ3) is 3.41. The highest BCUT2D eigenvalue weighted by Gasteiger charge is 2.38. The van der Waals surface area contributed by atoms with E-state index in [0.29, 0.717) is 17.1 Å². The van der Waals surface area contributed by atoms with Gasteiger partial charge in [-0.05, 0) is 36.0 Å². The van der Waals surface area contributed by atoms with Crippen molar-refractivity contribution in [2.75, 3.05) is 6.54 Å². The lowest BCUT2D eigenvalue weighted by molar-refractivity contribution is 0.530. The van der Waals surface area contributed by atoms with Crippen LogP contribution in [0.3, 0.4) is 0 Å². The van der Waals surface area contributed by atoms with Gasteiger partial charge in [-0.3, -0.25) is 0 Å². The quantitative estimate of drug-likeness (QED) is 0.874. The van der Waals surface area contributed by atoms with Crippen LogP contribution in [-0.4, -0.2) is 15.0 Å². The fraction of sp³-hybridized carbons (Fsp3) is 0.500. The number of hydrogen-bond donors (Lipinski definition) is 2. The smallest absolute Gasteiger partial charge is 0.242 e. The molecule has 0 aliphatic heterocycles. The Morgan fingerprint density at radius 1 is 1.37 bits per heavy atom. The van der Waals surface area contributed by atoms with Crippen LogP contribution < -0.4 is 10.5 Å². The Bertz CT molecular complexity index is 598. The van der Waals surface area contributed by atoms with Crippen LogP contribution in [-0.2, 0) is 16.6 Å². The summed E-state index contributed by atoms with van der Waals surface area (Å²) in [4.78, 5) is -0.00799. The largest absolute Gasteiger partial charge is 0.326 e. The van der Waals surface area contributed by atoms with Crippen LogP contribution in [0.1, 0.15) is 25.3 Å². The summed E-state index contributed by atoms with van der Waals surface area (Å²) in [5.74, 6) is 0. The first kappa shape index (κ1) is 15.1. The predicted molar refractivity (Wildman–Crippen MR) is 76.9 cm³/mol. The van der Waals surface area contributed by atoms with Crippen LogP contribution in [0.15, 0.2) is 17.0 Å². The van der Waals surface area contributed by atoms with Crippen molar-refractivity contribution in [1.82, 2.24) is 4.72 Å². The molecule has 0 aromatic heterocycles. The molecular formula is C12H16Cl2N2O2S. The molecule has 7 heteroatoms. The van der Waals surface area contributed by atoms with E-state index < -0.39 is 10.0 Å². The fourth-order valence-corrected chi connectivity index (χ4v) is 3.84. The van der Waals surface area contributed by atoms with Gasteiger partial charge in [0.05, 0.1) is 5.02 Å². The summed E-state index contributed by atoms with van der Waals surface area (Å²) in [5, 5.41) is 0.447. The Hall–Kier alpha value is -0.330. The van der Waals surface area contributed by atoms with E-state index in [1.165, 1.54) is 6.07 Å². The molecule has 0 radical (unpaired) electrons. The number of rotatable bonds is 5. The van der Waals surface area contributed by atoms with Crippen molar-refractivity contribution in [2.45, 2.75) is 31.2 Å². The number of halogens is 2. The van der Waals surface area contributed by atoms with E-state index in [1.54, 1.807) is 6.07 Å². The van der Waals surface area contributed by atoms with Gasteiger partial charge in [0, 0.05) is 18.1 Å². The number of nitrogens with one attached hydrogen (secondary N) is 1. The molecule has 0 saturated heterocycles. The average molecular weight is 323 g/mol. The van der Waals surface area contributed by atoms with Gasteiger partial charge < -0.3 is 5.73 Å². The first-order valence-corrected chi connectivity index (χ1v) is 8.19. The van der Waals surface area contributed by atoms with Crippen molar-refractivity contribution in [3.05, 3.63) is 27.7 Å². The molecule has 0 spiro atoms. The summed E-state index contributed by atoms with van der Waals surface area (Å²) in [5.41, 5.74) is 6.13. The maximum Gasteiger partial charge on any atom is 0.242 e. The summed E-state index contributed by atoms with van der Waals surface area (Å²) < 4.78 is 27.1. The Labute approximate surface area is 123 Å². The third-order valence-electron chi connectivity index (χ3n) is 3.38. The summed E-state index contributed by atoms with van der Waals surface area (Å²) >= 11 is 12.0. The number of sulfonamides is 1. The molecule has 4 nitrogen and oxygen atoms in total. The van der Waals surface area contributed by atoms with E-state index >= 15 is 0 Å². The molecule has 3 N–H and O–H groups in total. The molecule has 0 atom stereocenters. The molecule has 2 rings (SSSR count). The van der Waals surface area contributed by atoms with Gasteiger partial charge in [-0.1, -0.05) is 30.1 Å². The summed E-state index contributed by atoms with van der Waals surface area (Å²) in [6, 6.07) is 2.92. The van der Waals surface area contributed by atoms with Crippen LogP contribution >= 0.6 is 23.2 Å². The van der Waals surface area contributed by atoms with Gasteiger partial charge in [0.15, 0.2) is 0 Å². The monoisotopic (exact) mass is 322 g/mol. The lowest BCUT2D eigenvalue weighted by Crippen LogP contribution is -2.29. The van der Waals surface area contributed by atoms with Crippen molar-refractivity contribution in [1.29, 1.82) is 0 Å². The summed E-state index contributed by atoms with van der Waals surface area (Å²) in [6.45, 7) is 2.59. The maximum atomic E-state index is 12.3. The van der Waals surface area contributed by atoms with Gasteiger partial charge in [0.2, 0.25) is 10.0 Å². The topological polar surface area (TPSA) is 72.2 Å². The summed E-state index contributed by atoms with van der Waals surface area (Å²) in [7, 11) is -3.66. The zero-order chi connectivity index (χ0) is 14.3. The molecule has 1 saturated carbocycles. The molecule has 106 valence electrons. The molecule has 1 aromatic carbocycles. The molecule has 0 amide bonds. The van der Waals surface area contributed by atoms with E-state index in [4.69, 9.17) is 28.9 Å². The molecular weight excluding hydrogens is 307 g/mol. The predicted octanol–water partition coefficient (Wildman–Crippen LogP) is 2.53. The van der Waals surface area contributed by atoms with Gasteiger partial charge in [0.1, 0.15) is 4.90 Å². The average Bonchev–Trinajstić information content (AvgIpc) is 3.08. The Balaban J connectivity index is 2.31. The Morgan fingerprint density at radius 2 is 2.00 bits per heavy atom. The van der Waals surface area contributed by atoms with E-state index in [-0.39, 0.29) is 21.9 Å². The SMILES string of the molecule is CC1(CNS(=O)(=O)c2cc(Cl)cc(CN)c2Cl)CC1. The van der Waals surface area contributed by atoms with Crippen LogP contribution in [0.5, 0.6) is 0 Å². The van der Waals surface area contributed by atoms with Crippen LogP contribution in [0.25, 0.3) is 0 Å². The maximum absolute atomic E-state index is 12.3. The highest BCUT2D eigenvalue weighted by molar-refractivity contribution is 7.89. The molecule has 1 aromatic rings. The minimum atomic E-state index is -3.66. The molecule has 1 aliphatic rings. The molecule has 19 heavy (non-hydrogen) atoms. The zero-order valence-corrected chi connectivity index (χ0v) is 12.9. The van der Waals surface area contributed by atoms with Crippen LogP contribution in [0, 0.1) is 5.41 Å². The first-order chi connectivity index (χ1) is 8.77. The third-order valence-corrected chi connectivity index (χ3v) is 5.58. The number of benzene rings is 1. The van der Waals surface area contributed by atoms with Gasteiger partial charge >= 0.3 is 0 Å². The van der Waals surface area contributed by atoms with Gasteiger partial charge in [-0.2, -0.15) is 0 Å². The van der Waals surface area contributed by atoms with E-state index in [1.807, 2.05) is 6.92 Å². The second-order valence-electron chi connectivity index (χ2n) is 5.22. The Kier molecular flexibility index (Phi) is 4.14. The van der Waals surface area contributed by atoms with Crippen molar-refractivity contribution in [3.63, 3.8) is 0 Å².